The Morgan fingerprint density at radius 3 is 1.33 bits per heavy atom. The van der Waals surface area contributed by atoms with Crippen LogP contribution in [-0.4, -0.2) is 66.8 Å². The van der Waals surface area contributed by atoms with Crippen LogP contribution >= 0.6 is 0 Å². The van der Waals surface area contributed by atoms with E-state index in [0.29, 0.717) is 25.7 Å². The summed E-state index contributed by atoms with van der Waals surface area (Å²) in [5.41, 5.74) is -2.27. The lowest BCUT2D eigenvalue weighted by Crippen LogP contribution is -2.65. The van der Waals surface area contributed by atoms with Crippen LogP contribution in [-0.2, 0) is 0 Å². The molecule has 0 saturated heterocycles. The number of unbranched alkanes of at least 4 members (excludes halogenated alkanes) is 6. The van der Waals surface area contributed by atoms with Crippen LogP contribution in [0.1, 0.15) is 97.8 Å². The molecule has 0 fully saturated rings. The summed E-state index contributed by atoms with van der Waals surface area (Å²) in [5, 5.41) is 63.4. The molecule has 0 spiro atoms. The lowest BCUT2D eigenvalue weighted by atomic mass is 9.77. The highest BCUT2D eigenvalue weighted by Gasteiger charge is 2.51. The van der Waals surface area contributed by atoms with E-state index in [4.69, 9.17) is 0 Å². The Balaban J connectivity index is 5.21. The van der Waals surface area contributed by atoms with Crippen molar-refractivity contribution in [2.45, 2.75) is 134 Å². The topological polar surface area (TPSA) is 121 Å². The maximum absolute atomic E-state index is 11.1. The molecule has 0 aliphatic rings. The fourth-order valence-corrected chi connectivity index (χ4v) is 3.51. The second-order valence-corrected chi connectivity index (χ2v) is 7.91. The molecule has 0 heterocycles. The minimum absolute atomic E-state index is 0.213. The summed E-state index contributed by atoms with van der Waals surface area (Å²) in [7, 11) is 0. The highest BCUT2D eigenvalue weighted by molar-refractivity contribution is 5.02. The first kappa shape index (κ1) is 26.8. The molecule has 0 saturated carbocycles. The molecular formula is C21H44O6. The molecule has 0 aromatic carbocycles. The molecular weight excluding hydrogens is 348 g/mol. The minimum Gasteiger partial charge on any atom is -0.390 e. The van der Waals surface area contributed by atoms with Crippen LogP contribution < -0.4 is 0 Å². The molecule has 0 aliphatic carbocycles. The lowest BCUT2D eigenvalue weighted by molar-refractivity contribution is -0.235. The van der Waals surface area contributed by atoms with E-state index in [1.54, 1.807) is 0 Å². The quantitative estimate of drug-likeness (QED) is 0.211. The first-order chi connectivity index (χ1) is 12.8. The molecule has 164 valence electrons. The second-order valence-electron chi connectivity index (χ2n) is 7.91. The van der Waals surface area contributed by atoms with Gasteiger partial charge in [-0.05, 0) is 19.3 Å². The third kappa shape index (κ3) is 8.75. The zero-order chi connectivity index (χ0) is 20.9. The molecule has 0 radical (unpaired) electrons. The minimum atomic E-state index is -2.27. The van der Waals surface area contributed by atoms with Gasteiger partial charge in [0.15, 0.2) is 0 Å². The number of rotatable bonds is 17. The maximum Gasteiger partial charge on any atom is 0.144 e. The fraction of sp³-hybridized carbons (Fsp3) is 1.00. The highest BCUT2D eigenvalue weighted by Crippen LogP contribution is 2.31. The zero-order valence-corrected chi connectivity index (χ0v) is 17.6. The largest absolute Gasteiger partial charge is 0.390 e. The van der Waals surface area contributed by atoms with Crippen molar-refractivity contribution in [3.8, 4) is 0 Å². The van der Waals surface area contributed by atoms with Gasteiger partial charge in [0.1, 0.15) is 17.8 Å². The molecule has 5 unspecified atom stereocenters. The Kier molecular flexibility index (Phi) is 14.6. The third-order valence-corrected chi connectivity index (χ3v) is 5.52. The molecule has 0 aromatic rings. The molecule has 0 amide bonds. The van der Waals surface area contributed by atoms with Gasteiger partial charge in [-0.3, -0.25) is 0 Å². The van der Waals surface area contributed by atoms with Crippen molar-refractivity contribution in [1.29, 1.82) is 0 Å². The molecule has 0 rings (SSSR count). The Bertz CT molecular complexity index is 336. The average molecular weight is 393 g/mol. The summed E-state index contributed by atoms with van der Waals surface area (Å²) >= 11 is 0. The SMILES string of the molecule is CCCCCC(O)C(O)C(O)C(O)(C(O)CCCCC)C(O)CCCCC. The summed E-state index contributed by atoms with van der Waals surface area (Å²) in [6.07, 6.45) is 0.693. The summed E-state index contributed by atoms with van der Waals surface area (Å²) < 4.78 is 0. The van der Waals surface area contributed by atoms with Gasteiger partial charge in [-0.25, -0.2) is 0 Å². The number of hydrogen-bond donors (Lipinski definition) is 6. The van der Waals surface area contributed by atoms with Gasteiger partial charge in [0.2, 0.25) is 0 Å². The van der Waals surface area contributed by atoms with Gasteiger partial charge in [-0.1, -0.05) is 78.6 Å². The van der Waals surface area contributed by atoms with Crippen molar-refractivity contribution in [3.63, 3.8) is 0 Å². The van der Waals surface area contributed by atoms with Crippen molar-refractivity contribution < 1.29 is 30.6 Å². The number of hydrogen-bond acceptors (Lipinski definition) is 6. The van der Waals surface area contributed by atoms with Crippen LogP contribution in [0.3, 0.4) is 0 Å². The maximum atomic E-state index is 11.1. The van der Waals surface area contributed by atoms with Gasteiger partial charge < -0.3 is 30.6 Å². The molecule has 0 aromatic heterocycles. The normalized spacial score (nSPS) is 19.9. The van der Waals surface area contributed by atoms with Crippen molar-refractivity contribution in [1.82, 2.24) is 0 Å². The fourth-order valence-electron chi connectivity index (χ4n) is 3.51. The van der Waals surface area contributed by atoms with Crippen LogP contribution in [0.2, 0.25) is 0 Å². The monoisotopic (exact) mass is 392 g/mol. The highest BCUT2D eigenvalue weighted by atomic mass is 16.4. The van der Waals surface area contributed by atoms with Gasteiger partial charge in [-0.15, -0.1) is 0 Å². The first-order valence-electron chi connectivity index (χ1n) is 10.9. The van der Waals surface area contributed by atoms with E-state index in [2.05, 4.69) is 0 Å². The van der Waals surface area contributed by atoms with Crippen LogP contribution in [0, 0.1) is 0 Å². The van der Waals surface area contributed by atoms with Crippen LogP contribution in [0.5, 0.6) is 0 Å². The van der Waals surface area contributed by atoms with E-state index in [1.807, 2.05) is 20.8 Å². The molecule has 6 heteroatoms. The van der Waals surface area contributed by atoms with Crippen molar-refractivity contribution in [2.75, 3.05) is 0 Å². The van der Waals surface area contributed by atoms with Crippen molar-refractivity contribution >= 4 is 0 Å². The molecule has 6 N–H and O–H groups in total. The molecule has 6 nitrogen and oxygen atoms in total. The first-order valence-corrected chi connectivity index (χ1v) is 10.9. The predicted octanol–water partition coefficient (Wildman–Crippen LogP) is 2.26. The molecule has 0 aliphatic heterocycles. The second kappa shape index (κ2) is 14.7. The van der Waals surface area contributed by atoms with E-state index < -0.39 is 36.1 Å². The Labute approximate surface area is 165 Å². The smallest absolute Gasteiger partial charge is 0.144 e. The van der Waals surface area contributed by atoms with Gasteiger partial charge in [0, 0.05) is 0 Å². The van der Waals surface area contributed by atoms with Gasteiger partial charge in [0.25, 0.3) is 0 Å². The zero-order valence-electron chi connectivity index (χ0n) is 17.6. The van der Waals surface area contributed by atoms with Crippen LogP contribution in [0.15, 0.2) is 0 Å². The standard InChI is InChI=1S/C21H44O6/c1-4-7-10-13-16(22)19(25)20(26)21(27,17(23)14-11-8-5-2)18(24)15-12-9-6-3/h16-20,22-27H,4-15H2,1-3H3. The lowest BCUT2D eigenvalue weighted by Gasteiger charge is -2.43. The van der Waals surface area contributed by atoms with Crippen LogP contribution in [0.4, 0.5) is 0 Å². The number of aliphatic hydroxyl groups is 6. The van der Waals surface area contributed by atoms with Crippen molar-refractivity contribution in [2.24, 2.45) is 0 Å². The van der Waals surface area contributed by atoms with E-state index in [1.165, 1.54) is 0 Å². The Hall–Kier alpha value is -0.240. The van der Waals surface area contributed by atoms with E-state index in [9.17, 15) is 30.6 Å². The summed E-state index contributed by atoms with van der Waals surface area (Å²) in [6, 6.07) is 0. The Morgan fingerprint density at radius 2 is 0.963 bits per heavy atom. The summed E-state index contributed by atoms with van der Waals surface area (Å²) in [6.45, 7) is 6.06. The van der Waals surface area contributed by atoms with Gasteiger partial charge in [-0.2, -0.15) is 0 Å². The molecule has 27 heavy (non-hydrogen) atoms. The van der Waals surface area contributed by atoms with Gasteiger partial charge in [0.05, 0.1) is 18.3 Å². The third-order valence-electron chi connectivity index (χ3n) is 5.52. The van der Waals surface area contributed by atoms with E-state index >= 15 is 0 Å². The number of aliphatic hydroxyl groups excluding tert-OH is 5. The van der Waals surface area contributed by atoms with E-state index in [0.717, 1.165) is 38.5 Å². The van der Waals surface area contributed by atoms with Crippen LogP contribution in [0.25, 0.3) is 0 Å². The predicted molar refractivity (Wildman–Crippen MR) is 107 cm³/mol. The molecule has 5 atom stereocenters. The molecule has 0 bridgehead atoms. The van der Waals surface area contributed by atoms with Crippen molar-refractivity contribution in [3.05, 3.63) is 0 Å². The average Bonchev–Trinajstić information content (AvgIpc) is 2.66. The van der Waals surface area contributed by atoms with E-state index in [-0.39, 0.29) is 12.8 Å². The Morgan fingerprint density at radius 1 is 0.593 bits per heavy atom. The summed E-state index contributed by atoms with van der Waals surface area (Å²) in [4.78, 5) is 0. The summed E-state index contributed by atoms with van der Waals surface area (Å²) in [5.74, 6) is 0. The van der Waals surface area contributed by atoms with Gasteiger partial charge >= 0.3 is 0 Å².